The Hall–Kier alpha value is -1.41. The molecule has 1 rings (SSSR count). The summed E-state index contributed by atoms with van der Waals surface area (Å²) >= 11 is 0. The van der Waals surface area contributed by atoms with Crippen molar-refractivity contribution in [1.29, 1.82) is 0 Å². The molecule has 0 spiro atoms. The van der Waals surface area contributed by atoms with Gasteiger partial charge in [0.2, 0.25) is 0 Å². The van der Waals surface area contributed by atoms with E-state index in [0.29, 0.717) is 0 Å². The van der Waals surface area contributed by atoms with E-state index in [0.717, 1.165) is 4.13 Å². The van der Waals surface area contributed by atoms with Crippen LogP contribution in [0.15, 0.2) is 12.3 Å². The van der Waals surface area contributed by atoms with E-state index >= 15 is 0 Å². The van der Waals surface area contributed by atoms with E-state index in [1.165, 1.54) is 61.9 Å². The smallest absolute Gasteiger partial charge is 0.421 e. The number of hydrogen-bond acceptors (Lipinski definition) is 4. The third kappa shape index (κ3) is 10.0. The third-order valence-electron chi connectivity index (χ3n) is 4.34. The van der Waals surface area contributed by atoms with Crippen LogP contribution in [0.3, 0.4) is 0 Å². The van der Waals surface area contributed by atoms with Crippen molar-refractivity contribution >= 4 is 20.0 Å². The predicted molar refractivity (Wildman–Crippen MR) is 108 cm³/mol. The molecule has 0 aromatic carbocycles. The van der Waals surface area contributed by atoms with Crippen LogP contribution in [-0.2, 0) is 26.6 Å². The Morgan fingerprint density at radius 1 is 0.812 bits per heavy atom. The summed E-state index contributed by atoms with van der Waals surface area (Å²) in [4.78, 5) is 0. The number of sulfonamides is 2. The van der Waals surface area contributed by atoms with Crippen molar-refractivity contribution in [3.05, 3.63) is 33.2 Å². The molecule has 0 amide bonds. The Labute approximate surface area is 185 Å². The number of pyridine rings is 1. The Morgan fingerprint density at radius 2 is 1.25 bits per heavy atom. The van der Waals surface area contributed by atoms with Crippen molar-refractivity contribution in [1.82, 2.24) is 0 Å². The maximum absolute atomic E-state index is 11.4. The highest BCUT2D eigenvalue weighted by Gasteiger charge is 2.46. The monoisotopic (exact) mass is 514 g/mol. The molecule has 0 N–H and O–H groups in total. The number of halogens is 6. The second-order valence-electron chi connectivity index (χ2n) is 7.16. The molecule has 14 heteroatoms. The van der Waals surface area contributed by atoms with Gasteiger partial charge < -0.3 is 4.13 Å². The van der Waals surface area contributed by atoms with Crippen LogP contribution in [0, 0.1) is 20.8 Å². The van der Waals surface area contributed by atoms with Gasteiger partial charge in [-0.3, -0.25) is 0 Å². The molecule has 0 fully saturated rings. The van der Waals surface area contributed by atoms with Crippen LogP contribution >= 0.6 is 0 Å². The van der Waals surface area contributed by atoms with Gasteiger partial charge in [-0.1, -0.05) is 32.6 Å². The lowest BCUT2D eigenvalue weighted by Crippen LogP contribution is -2.38. The Bertz CT molecular complexity index is 901. The maximum atomic E-state index is 11.4. The zero-order chi connectivity index (χ0) is 25.4. The van der Waals surface area contributed by atoms with Crippen LogP contribution in [0.5, 0.6) is 0 Å². The van der Waals surface area contributed by atoms with E-state index in [1.807, 2.05) is 0 Å². The summed E-state index contributed by atoms with van der Waals surface area (Å²) in [5, 5.41) is 0. The molecular formula is C18H28F6N2O4S2. The molecule has 0 aliphatic rings. The van der Waals surface area contributed by atoms with Gasteiger partial charge in [-0.05, 0) is 26.3 Å². The minimum Gasteiger partial charge on any atom is -0.421 e. The number of unbranched alkanes of at least 4 members (excludes halogenated alkanes) is 5. The van der Waals surface area contributed by atoms with E-state index in [2.05, 4.69) is 44.5 Å². The molecule has 0 bridgehead atoms. The van der Waals surface area contributed by atoms with Crippen LogP contribution in [0.25, 0.3) is 4.13 Å². The highest BCUT2D eigenvalue weighted by atomic mass is 32.3. The average molecular weight is 515 g/mol. The van der Waals surface area contributed by atoms with E-state index in [1.54, 1.807) is 0 Å². The molecule has 1 aromatic heterocycles. The molecule has 1 heterocycles. The van der Waals surface area contributed by atoms with E-state index in [9.17, 15) is 43.2 Å². The molecule has 0 aliphatic heterocycles. The zero-order valence-electron chi connectivity index (χ0n) is 18.2. The van der Waals surface area contributed by atoms with Crippen molar-refractivity contribution in [2.24, 2.45) is 0 Å². The highest BCUT2D eigenvalue weighted by molar-refractivity contribution is 8.13. The molecule has 0 atom stereocenters. The SMILES string of the molecule is CCCCCCCC[n+]1cc(C)cc(C)c1C.O=S(=O)([N-]S(=O)(=O)C(F)(F)F)C(F)(F)F. The Balaban J connectivity index is 0.000000607. The first-order chi connectivity index (χ1) is 14.4. The van der Waals surface area contributed by atoms with E-state index in [4.69, 9.17) is 0 Å². The lowest BCUT2D eigenvalue weighted by atomic mass is 10.1. The summed E-state index contributed by atoms with van der Waals surface area (Å²) in [6, 6.07) is 2.27. The fraction of sp³-hybridized carbons (Fsp3) is 0.722. The van der Waals surface area contributed by atoms with Gasteiger partial charge in [0.1, 0.15) is 6.54 Å². The lowest BCUT2D eigenvalue weighted by molar-refractivity contribution is -0.703. The summed E-state index contributed by atoms with van der Waals surface area (Å²) in [5.41, 5.74) is -8.20. The molecule has 0 saturated carbocycles. The fourth-order valence-electron chi connectivity index (χ4n) is 2.56. The topological polar surface area (TPSA) is 86.3 Å². The first-order valence-corrected chi connectivity index (χ1v) is 12.6. The first kappa shape index (κ1) is 30.6. The molecular weight excluding hydrogens is 486 g/mol. The number of alkyl halides is 6. The predicted octanol–water partition coefficient (Wildman–Crippen LogP) is 5.32. The van der Waals surface area contributed by atoms with Crippen molar-refractivity contribution < 1.29 is 47.7 Å². The summed E-state index contributed by atoms with van der Waals surface area (Å²) in [6.45, 7) is 10.1. The number of aryl methyl sites for hydroxylation is 3. The Kier molecular flexibility index (Phi) is 11.6. The number of aromatic nitrogens is 1. The molecule has 32 heavy (non-hydrogen) atoms. The van der Waals surface area contributed by atoms with Gasteiger partial charge in [0.05, 0.1) is 0 Å². The minimum atomic E-state index is -6.72. The minimum absolute atomic E-state index is 0.778. The fourth-order valence-corrected chi connectivity index (χ4v) is 4.27. The summed E-state index contributed by atoms with van der Waals surface area (Å²) in [6.07, 6.45) is 10.5. The van der Waals surface area contributed by atoms with Crippen molar-refractivity contribution in [3.8, 4) is 0 Å². The molecule has 0 aliphatic carbocycles. The van der Waals surface area contributed by atoms with Crippen LogP contribution in [0.2, 0.25) is 0 Å². The van der Waals surface area contributed by atoms with Crippen LogP contribution < -0.4 is 4.57 Å². The number of rotatable bonds is 9. The summed E-state index contributed by atoms with van der Waals surface area (Å²) in [7, 11) is -13.4. The molecule has 0 unspecified atom stereocenters. The molecule has 0 saturated heterocycles. The standard InChI is InChI=1S/C16H28N.C2F6NO4S2/c1-5-6-7-8-9-10-11-17-13-14(2)12-15(3)16(17)4;3-1(4,5)14(10,11)9-15(12,13)2(6,7)8/h12-13H,5-11H2,1-4H3;/q+1;-1. The van der Waals surface area contributed by atoms with Crippen LogP contribution in [-0.4, -0.2) is 27.9 Å². The normalized spacial score (nSPS) is 12.9. The van der Waals surface area contributed by atoms with E-state index in [-0.39, 0.29) is 0 Å². The lowest BCUT2D eigenvalue weighted by Gasteiger charge is -2.22. The molecule has 0 radical (unpaired) electrons. The Morgan fingerprint density at radius 3 is 1.69 bits per heavy atom. The first-order valence-electron chi connectivity index (χ1n) is 9.70. The van der Waals surface area contributed by atoms with Crippen molar-refractivity contribution in [2.75, 3.05) is 0 Å². The van der Waals surface area contributed by atoms with Crippen LogP contribution in [0.4, 0.5) is 26.3 Å². The van der Waals surface area contributed by atoms with Gasteiger partial charge in [0, 0.05) is 24.5 Å². The van der Waals surface area contributed by atoms with Crippen LogP contribution in [0.1, 0.15) is 62.3 Å². The average Bonchev–Trinajstić information content (AvgIpc) is 2.59. The second kappa shape index (κ2) is 12.2. The maximum Gasteiger partial charge on any atom is 0.480 e. The van der Waals surface area contributed by atoms with Gasteiger partial charge in [0.25, 0.3) is 0 Å². The highest BCUT2D eigenvalue weighted by Crippen LogP contribution is 2.36. The third-order valence-corrected chi connectivity index (χ3v) is 7.08. The van der Waals surface area contributed by atoms with Gasteiger partial charge in [-0.25, -0.2) is 21.4 Å². The van der Waals surface area contributed by atoms with Gasteiger partial charge in [-0.15, -0.1) is 0 Å². The van der Waals surface area contributed by atoms with E-state index < -0.39 is 31.1 Å². The van der Waals surface area contributed by atoms with Gasteiger partial charge >= 0.3 is 11.0 Å². The summed E-state index contributed by atoms with van der Waals surface area (Å²) in [5.74, 6) is 0. The molecule has 6 nitrogen and oxygen atoms in total. The molecule has 188 valence electrons. The number of hydrogen-bond donors (Lipinski definition) is 0. The summed E-state index contributed by atoms with van der Waals surface area (Å²) < 4.78 is 112. The zero-order valence-corrected chi connectivity index (χ0v) is 19.8. The molecule has 1 aromatic rings. The quantitative estimate of drug-likeness (QED) is 0.254. The van der Waals surface area contributed by atoms with Gasteiger partial charge in [-0.2, -0.15) is 26.3 Å². The largest absolute Gasteiger partial charge is 0.480 e. The van der Waals surface area contributed by atoms with Gasteiger partial charge in [0.15, 0.2) is 31.9 Å². The van der Waals surface area contributed by atoms with Crippen molar-refractivity contribution in [2.45, 2.75) is 83.8 Å². The second-order valence-corrected chi connectivity index (χ2v) is 10.6. The number of nitrogens with zero attached hydrogens (tertiary/aromatic N) is 2. The van der Waals surface area contributed by atoms with Crippen molar-refractivity contribution in [3.63, 3.8) is 0 Å².